The molecule has 14 heavy (non-hydrogen) atoms. The zero-order chi connectivity index (χ0) is 10.4. The number of rotatable bonds is 5. The molecule has 1 aromatic rings. The molecule has 1 nitrogen and oxygen atoms in total. The summed E-state index contributed by atoms with van der Waals surface area (Å²) in [7, 11) is 0. The summed E-state index contributed by atoms with van der Waals surface area (Å²) in [6.45, 7) is 3.09. The fourth-order valence-corrected chi connectivity index (χ4v) is 2.60. The lowest BCUT2D eigenvalue weighted by Gasteiger charge is -2.14. The summed E-state index contributed by atoms with van der Waals surface area (Å²) in [5.74, 6) is 2.68. The van der Waals surface area contributed by atoms with Gasteiger partial charge in [0.1, 0.15) is 0 Å². The van der Waals surface area contributed by atoms with Crippen molar-refractivity contribution in [2.24, 2.45) is 0 Å². The maximum atomic E-state index is 5.27. The smallest absolute Gasteiger partial charge is 0.0701 e. The van der Waals surface area contributed by atoms with E-state index in [-0.39, 0.29) is 0 Å². The first-order valence-electron chi connectivity index (χ1n) is 4.68. The molecule has 0 spiro atoms. The zero-order valence-electron chi connectivity index (χ0n) is 8.22. The Morgan fingerprint density at radius 1 is 1.71 bits per heavy atom. The molecule has 0 aliphatic heterocycles. The Bertz CT molecular complexity index is 313. The van der Waals surface area contributed by atoms with E-state index >= 15 is 0 Å². The van der Waals surface area contributed by atoms with Crippen LogP contribution in [0.4, 0.5) is 0 Å². The lowest BCUT2D eigenvalue weighted by Crippen LogP contribution is -2.20. The first kappa shape index (κ1) is 11.8. The van der Waals surface area contributed by atoms with Crippen molar-refractivity contribution in [2.75, 3.05) is 6.54 Å². The molecule has 0 saturated carbocycles. The molecule has 0 saturated heterocycles. The first-order chi connectivity index (χ1) is 6.77. The number of hydrogen-bond donors (Lipinski definition) is 1. The molecule has 0 aromatic carbocycles. The highest BCUT2D eigenvalue weighted by Crippen LogP contribution is 2.27. The van der Waals surface area contributed by atoms with Crippen LogP contribution >= 0.6 is 27.3 Å². The molecule has 3 heteroatoms. The molecule has 0 radical (unpaired) electrons. The summed E-state index contributed by atoms with van der Waals surface area (Å²) in [5, 5.41) is 5.61. The lowest BCUT2D eigenvalue weighted by molar-refractivity contribution is 0.524. The fraction of sp³-hybridized carbons (Fsp3) is 0.455. The van der Waals surface area contributed by atoms with Gasteiger partial charge >= 0.3 is 0 Å². The van der Waals surface area contributed by atoms with Crippen molar-refractivity contribution >= 4 is 27.3 Å². The van der Waals surface area contributed by atoms with Crippen LogP contribution in [0.5, 0.6) is 0 Å². The van der Waals surface area contributed by atoms with Crippen LogP contribution < -0.4 is 5.32 Å². The van der Waals surface area contributed by atoms with E-state index < -0.39 is 0 Å². The SMILES string of the molecule is C#CCCC(NCC)c1csc(Br)c1. The number of halogens is 1. The Balaban J connectivity index is 2.63. The summed E-state index contributed by atoms with van der Waals surface area (Å²) < 4.78 is 1.18. The second-order valence-electron chi connectivity index (χ2n) is 3.04. The van der Waals surface area contributed by atoms with Crippen LogP contribution in [0.3, 0.4) is 0 Å². The Morgan fingerprint density at radius 2 is 2.50 bits per heavy atom. The summed E-state index contributed by atoms with van der Waals surface area (Å²) in [6.07, 6.45) is 7.10. The van der Waals surface area contributed by atoms with Crippen molar-refractivity contribution < 1.29 is 0 Å². The molecule has 1 heterocycles. The monoisotopic (exact) mass is 271 g/mol. The third kappa shape index (κ3) is 3.45. The van der Waals surface area contributed by atoms with Crippen molar-refractivity contribution in [1.29, 1.82) is 0 Å². The van der Waals surface area contributed by atoms with E-state index in [4.69, 9.17) is 6.42 Å². The average molecular weight is 272 g/mol. The molecular weight excluding hydrogens is 258 g/mol. The van der Waals surface area contributed by atoms with E-state index in [0.29, 0.717) is 6.04 Å². The Kier molecular flexibility index (Phi) is 5.24. The average Bonchev–Trinajstić information content (AvgIpc) is 2.59. The maximum absolute atomic E-state index is 5.27. The highest BCUT2D eigenvalue weighted by molar-refractivity contribution is 9.11. The summed E-state index contributed by atoms with van der Waals surface area (Å²) in [4.78, 5) is 0. The number of thiophene rings is 1. The van der Waals surface area contributed by atoms with Crippen LogP contribution in [0.25, 0.3) is 0 Å². The molecule has 0 aliphatic rings. The largest absolute Gasteiger partial charge is 0.310 e. The van der Waals surface area contributed by atoms with Gasteiger partial charge in [0.15, 0.2) is 0 Å². The van der Waals surface area contributed by atoms with Gasteiger partial charge in [0.05, 0.1) is 3.79 Å². The van der Waals surface area contributed by atoms with Crippen LogP contribution in [0.2, 0.25) is 0 Å². The molecule has 0 aliphatic carbocycles. The Labute approximate surface area is 98.0 Å². The summed E-state index contributed by atoms with van der Waals surface area (Å²) >= 11 is 5.19. The van der Waals surface area contributed by atoms with E-state index in [2.05, 4.69) is 45.5 Å². The van der Waals surface area contributed by atoms with Crippen molar-refractivity contribution in [1.82, 2.24) is 5.32 Å². The van der Waals surface area contributed by atoms with Crippen LogP contribution in [0, 0.1) is 12.3 Å². The molecule has 1 rings (SSSR count). The molecule has 1 unspecified atom stereocenters. The summed E-state index contributed by atoms with van der Waals surface area (Å²) in [6, 6.07) is 2.56. The van der Waals surface area contributed by atoms with E-state index in [1.807, 2.05) is 0 Å². The Morgan fingerprint density at radius 3 is 3.00 bits per heavy atom. The molecule has 76 valence electrons. The Hall–Kier alpha value is -0.300. The minimum Gasteiger partial charge on any atom is -0.310 e. The lowest BCUT2D eigenvalue weighted by atomic mass is 10.1. The van der Waals surface area contributed by atoms with Gasteiger partial charge in [-0.2, -0.15) is 0 Å². The fourth-order valence-electron chi connectivity index (χ4n) is 1.37. The van der Waals surface area contributed by atoms with Gasteiger partial charge < -0.3 is 5.32 Å². The van der Waals surface area contributed by atoms with E-state index in [9.17, 15) is 0 Å². The van der Waals surface area contributed by atoms with Crippen molar-refractivity contribution in [2.45, 2.75) is 25.8 Å². The molecule has 1 aromatic heterocycles. The van der Waals surface area contributed by atoms with Gasteiger partial charge in [0, 0.05) is 12.5 Å². The first-order valence-corrected chi connectivity index (χ1v) is 6.36. The van der Waals surface area contributed by atoms with Crippen LogP contribution in [0.15, 0.2) is 15.2 Å². The van der Waals surface area contributed by atoms with Gasteiger partial charge in [-0.15, -0.1) is 23.7 Å². The third-order valence-corrected chi connectivity index (χ3v) is 3.54. The minimum atomic E-state index is 0.401. The quantitative estimate of drug-likeness (QED) is 0.808. The van der Waals surface area contributed by atoms with E-state index in [0.717, 1.165) is 19.4 Å². The summed E-state index contributed by atoms with van der Waals surface area (Å²) in [5.41, 5.74) is 1.33. The number of hydrogen-bond acceptors (Lipinski definition) is 2. The highest BCUT2D eigenvalue weighted by atomic mass is 79.9. The number of terminal acetylenes is 1. The molecular formula is C11H14BrNS. The maximum Gasteiger partial charge on any atom is 0.0701 e. The van der Waals surface area contributed by atoms with E-state index in [1.54, 1.807) is 11.3 Å². The predicted molar refractivity (Wildman–Crippen MR) is 66.5 cm³/mol. The van der Waals surface area contributed by atoms with Gasteiger partial charge in [-0.05, 0) is 45.9 Å². The molecule has 0 fully saturated rings. The molecule has 0 bridgehead atoms. The van der Waals surface area contributed by atoms with Crippen molar-refractivity contribution in [3.8, 4) is 12.3 Å². The second kappa shape index (κ2) is 6.23. The van der Waals surface area contributed by atoms with Crippen LogP contribution in [-0.2, 0) is 0 Å². The standard InChI is InChI=1S/C11H14BrNS/c1-3-5-6-10(13-4-2)9-7-11(12)14-8-9/h1,7-8,10,13H,4-6H2,2H3. The van der Waals surface area contributed by atoms with Gasteiger partial charge in [0.25, 0.3) is 0 Å². The van der Waals surface area contributed by atoms with Gasteiger partial charge in [-0.3, -0.25) is 0 Å². The molecule has 0 amide bonds. The van der Waals surface area contributed by atoms with Crippen molar-refractivity contribution in [3.05, 3.63) is 20.8 Å². The number of nitrogens with one attached hydrogen (secondary N) is 1. The van der Waals surface area contributed by atoms with Crippen LogP contribution in [-0.4, -0.2) is 6.54 Å². The predicted octanol–water partition coefficient (Wildman–Crippen LogP) is 3.57. The van der Waals surface area contributed by atoms with Gasteiger partial charge in [0.2, 0.25) is 0 Å². The zero-order valence-corrected chi connectivity index (χ0v) is 10.6. The third-order valence-electron chi connectivity index (χ3n) is 2.02. The normalized spacial score (nSPS) is 12.4. The van der Waals surface area contributed by atoms with Crippen LogP contribution in [0.1, 0.15) is 31.4 Å². The minimum absolute atomic E-state index is 0.401. The van der Waals surface area contributed by atoms with Gasteiger partial charge in [-0.1, -0.05) is 6.92 Å². The second-order valence-corrected chi connectivity index (χ2v) is 5.33. The topological polar surface area (TPSA) is 12.0 Å². The molecule has 1 N–H and O–H groups in total. The highest BCUT2D eigenvalue weighted by Gasteiger charge is 2.10. The van der Waals surface area contributed by atoms with Crippen molar-refractivity contribution in [3.63, 3.8) is 0 Å². The van der Waals surface area contributed by atoms with Gasteiger partial charge in [-0.25, -0.2) is 0 Å². The van der Waals surface area contributed by atoms with E-state index in [1.165, 1.54) is 9.35 Å². The molecule has 1 atom stereocenters.